The highest BCUT2D eigenvalue weighted by atomic mass is 32.1. The van der Waals surface area contributed by atoms with Crippen molar-refractivity contribution in [2.75, 3.05) is 13.1 Å². The molecule has 1 aromatic heterocycles. The molecule has 1 aliphatic rings. The van der Waals surface area contributed by atoms with E-state index in [1.165, 1.54) is 5.56 Å². The average molecular weight is 239 g/mol. The molecule has 0 spiro atoms. The van der Waals surface area contributed by atoms with Gasteiger partial charge in [-0.3, -0.25) is 9.59 Å². The van der Waals surface area contributed by atoms with Gasteiger partial charge >= 0.3 is 5.97 Å². The number of thiophene rings is 1. The molecule has 1 saturated heterocycles. The van der Waals surface area contributed by atoms with Gasteiger partial charge in [0.05, 0.1) is 5.92 Å². The first-order valence-electron chi connectivity index (χ1n) is 5.18. The van der Waals surface area contributed by atoms with Crippen LogP contribution in [-0.2, 0) is 16.0 Å². The van der Waals surface area contributed by atoms with Crippen LogP contribution >= 0.6 is 11.3 Å². The van der Waals surface area contributed by atoms with E-state index in [1.807, 2.05) is 11.4 Å². The number of carbonyl (C=O) groups excluding carboxylic acids is 1. The van der Waals surface area contributed by atoms with Crippen molar-refractivity contribution < 1.29 is 14.7 Å². The maximum absolute atomic E-state index is 11.5. The fourth-order valence-corrected chi connectivity index (χ4v) is 2.56. The van der Waals surface area contributed by atoms with Crippen LogP contribution in [0.4, 0.5) is 0 Å². The highest BCUT2D eigenvalue weighted by Gasteiger charge is 2.33. The topological polar surface area (TPSA) is 57.6 Å². The van der Waals surface area contributed by atoms with Crippen LogP contribution in [-0.4, -0.2) is 35.0 Å². The third-order valence-corrected chi connectivity index (χ3v) is 3.55. The third-order valence-electron chi connectivity index (χ3n) is 2.81. The lowest BCUT2D eigenvalue weighted by Crippen LogP contribution is -2.28. The first kappa shape index (κ1) is 11.1. The summed E-state index contributed by atoms with van der Waals surface area (Å²) in [5.74, 6) is -1.43. The van der Waals surface area contributed by atoms with Gasteiger partial charge in [-0.1, -0.05) is 0 Å². The molecular formula is C11H13NO3S. The van der Waals surface area contributed by atoms with Gasteiger partial charge in [0.2, 0.25) is 5.91 Å². The van der Waals surface area contributed by atoms with Crippen molar-refractivity contribution in [2.45, 2.75) is 12.8 Å². The largest absolute Gasteiger partial charge is 0.481 e. The first-order valence-corrected chi connectivity index (χ1v) is 6.13. The number of aliphatic carboxylic acids is 1. The summed E-state index contributed by atoms with van der Waals surface area (Å²) in [6.45, 7) is 0.984. The Hall–Kier alpha value is -1.36. The molecule has 0 bridgehead atoms. The molecule has 4 nitrogen and oxygen atoms in total. The van der Waals surface area contributed by atoms with Crippen molar-refractivity contribution in [3.8, 4) is 0 Å². The molecule has 86 valence electrons. The molecular weight excluding hydrogens is 226 g/mol. The quantitative estimate of drug-likeness (QED) is 0.859. The van der Waals surface area contributed by atoms with E-state index >= 15 is 0 Å². The smallest absolute Gasteiger partial charge is 0.308 e. The zero-order valence-corrected chi connectivity index (χ0v) is 9.57. The Morgan fingerprint density at radius 1 is 1.62 bits per heavy atom. The molecule has 1 unspecified atom stereocenters. The lowest BCUT2D eigenvalue weighted by molar-refractivity contribution is -0.141. The highest BCUT2D eigenvalue weighted by molar-refractivity contribution is 7.07. The molecule has 0 aromatic carbocycles. The number of carboxylic acid groups (broad SMARTS) is 1. The van der Waals surface area contributed by atoms with Crippen LogP contribution in [0, 0.1) is 5.92 Å². The molecule has 16 heavy (non-hydrogen) atoms. The van der Waals surface area contributed by atoms with Crippen LogP contribution in [0.25, 0.3) is 0 Å². The Kier molecular flexibility index (Phi) is 3.24. The Morgan fingerprint density at radius 2 is 2.44 bits per heavy atom. The Balaban J connectivity index is 1.87. The molecule has 5 heteroatoms. The molecule has 1 fully saturated rings. The van der Waals surface area contributed by atoms with Crippen molar-refractivity contribution in [3.05, 3.63) is 22.4 Å². The summed E-state index contributed by atoms with van der Waals surface area (Å²) in [5, 5.41) is 12.9. The fourth-order valence-electron chi connectivity index (χ4n) is 1.85. The number of hydrogen-bond acceptors (Lipinski definition) is 3. The number of likely N-dealkylation sites (tertiary alicyclic amines) is 1. The average Bonchev–Trinajstić information content (AvgIpc) is 2.84. The van der Waals surface area contributed by atoms with Gasteiger partial charge in [-0.15, -0.1) is 0 Å². The number of amides is 1. The summed E-state index contributed by atoms with van der Waals surface area (Å²) in [5.41, 5.74) is 1.21. The minimum Gasteiger partial charge on any atom is -0.481 e. The molecule has 1 N–H and O–H groups in total. The number of carbonyl (C=O) groups is 2. The van der Waals surface area contributed by atoms with Crippen molar-refractivity contribution in [1.82, 2.24) is 4.90 Å². The van der Waals surface area contributed by atoms with E-state index in [-0.39, 0.29) is 12.3 Å². The highest BCUT2D eigenvalue weighted by Crippen LogP contribution is 2.18. The van der Waals surface area contributed by atoms with E-state index in [2.05, 4.69) is 5.38 Å². The van der Waals surface area contributed by atoms with Crippen molar-refractivity contribution in [2.24, 2.45) is 5.92 Å². The third kappa shape index (κ3) is 2.41. The second kappa shape index (κ2) is 4.65. The van der Waals surface area contributed by atoms with E-state index in [4.69, 9.17) is 5.11 Å². The second-order valence-corrected chi connectivity index (χ2v) is 4.74. The molecule has 0 radical (unpaired) electrons. The van der Waals surface area contributed by atoms with Crippen molar-refractivity contribution in [1.29, 1.82) is 0 Å². The second-order valence-electron chi connectivity index (χ2n) is 3.96. The Morgan fingerprint density at radius 3 is 3.00 bits per heavy atom. The molecule has 0 saturated carbocycles. The van der Waals surface area contributed by atoms with Gasteiger partial charge in [-0.25, -0.2) is 0 Å². The minimum absolute atomic E-state index is 0.0392. The van der Waals surface area contributed by atoms with E-state index in [1.54, 1.807) is 16.2 Å². The maximum Gasteiger partial charge on any atom is 0.308 e. The Bertz CT molecular complexity index is 388. The van der Waals surface area contributed by atoms with Gasteiger partial charge in [0.15, 0.2) is 0 Å². The van der Waals surface area contributed by atoms with Gasteiger partial charge in [0.1, 0.15) is 0 Å². The van der Waals surface area contributed by atoms with Crippen LogP contribution in [0.5, 0.6) is 0 Å². The van der Waals surface area contributed by atoms with Crippen LogP contribution in [0.2, 0.25) is 0 Å². The van der Waals surface area contributed by atoms with E-state index in [9.17, 15) is 9.59 Å². The molecule has 1 amide bonds. The van der Waals surface area contributed by atoms with Crippen LogP contribution < -0.4 is 0 Å². The summed E-state index contributed by atoms with van der Waals surface area (Å²) in [4.78, 5) is 23.9. The first-order chi connectivity index (χ1) is 7.66. The number of nitrogens with zero attached hydrogens (tertiary/aromatic N) is 1. The number of carboxylic acids is 1. The predicted molar refractivity (Wildman–Crippen MR) is 60.3 cm³/mol. The SMILES string of the molecule is O=C(O)C1CC(=O)N(CCc2ccsc2)C1. The van der Waals surface area contributed by atoms with Crippen molar-refractivity contribution >= 4 is 23.2 Å². The summed E-state index contributed by atoms with van der Waals surface area (Å²) in [6, 6.07) is 2.03. The van der Waals surface area contributed by atoms with Gasteiger partial charge in [0, 0.05) is 19.5 Å². The summed E-state index contributed by atoms with van der Waals surface area (Å²) in [6.07, 6.45) is 0.959. The van der Waals surface area contributed by atoms with Crippen molar-refractivity contribution in [3.63, 3.8) is 0 Å². The molecule has 0 aliphatic carbocycles. The van der Waals surface area contributed by atoms with E-state index in [0.29, 0.717) is 13.1 Å². The zero-order chi connectivity index (χ0) is 11.5. The molecule has 1 aliphatic heterocycles. The van der Waals surface area contributed by atoms with Gasteiger partial charge < -0.3 is 10.0 Å². The fraction of sp³-hybridized carbons (Fsp3) is 0.455. The minimum atomic E-state index is -0.869. The Labute approximate surface area is 97.5 Å². The number of rotatable bonds is 4. The van der Waals surface area contributed by atoms with Gasteiger partial charge in [0.25, 0.3) is 0 Å². The maximum atomic E-state index is 11.5. The van der Waals surface area contributed by atoms with Crippen LogP contribution in [0.1, 0.15) is 12.0 Å². The molecule has 2 heterocycles. The molecule has 1 aromatic rings. The molecule has 2 rings (SSSR count). The standard InChI is InChI=1S/C11H13NO3S/c13-10-5-9(11(14)15)6-12(10)3-1-8-2-4-16-7-8/h2,4,7,9H,1,3,5-6H2,(H,14,15). The summed E-state index contributed by atoms with van der Waals surface area (Å²) in [7, 11) is 0. The molecule has 1 atom stereocenters. The van der Waals surface area contributed by atoms with Crippen LogP contribution in [0.3, 0.4) is 0 Å². The zero-order valence-electron chi connectivity index (χ0n) is 8.76. The normalized spacial score (nSPS) is 20.4. The lowest BCUT2D eigenvalue weighted by atomic mass is 10.1. The monoisotopic (exact) mass is 239 g/mol. The summed E-state index contributed by atoms with van der Waals surface area (Å²) < 4.78 is 0. The van der Waals surface area contributed by atoms with Crippen LogP contribution in [0.15, 0.2) is 16.8 Å². The number of hydrogen-bond donors (Lipinski definition) is 1. The predicted octanol–water partition coefficient (Wildman–Crippen LogP) is 1.22. The van der Waals surface area contributed by atoms with E-state index < -0.39 is 11.9 Å². The summed E-state index contributed by atoms with van der Waals surface area (Å²) >= 11 is 1.63. The lowest BCUT2D eigenvalue weighted by Gasteiger charge is -2.15. The van der Waals surface area contributed by atoms with E-state index in [0.717, 1.165) is 6.42 Å². The van der Waals surface area contributed by atoms with Gasteiger partial charge in [-0.2, -0.15) is 11.3 Å². The van der Waals surface area contributed by atoms with Gasteiger partial charge in [-0.05, 0) is 28.8 Å².